The monoisotopic (exact) mass is 234 g/mol. The average molecular weight is 234 g/mol. The van der Waals surface area contributed by atoms with Crippen molar-refractivity contribution in [3.05, 3.63) is 24.2 Å². The molecule has 4 nitrogen and oxygen atoms in total. The zero-order valence-corrected chi connectivity index (χ0v) is 9.95. The van der Waals surface area contributed by atoms with Gasteiger partial charge in [-0.2, -0.15) is 0 Å². The second-order valence-electron chi connectivity index (χ2n) is 5.23. The van der Waals surface area contributed by atoms with Crippen molar-refractivity contribution in [2.75, 3.05) is 26.2 Å². The van der Waals surface area contributed by atoms with Gasteiger partial charge in [0.25, 0.3) is 5.91 Å². The van der Waals surface area contributed by atoms with Crippen LogP contribution in [0.5, 0.6) is 0 Å². The lowest BCUT2D eigenvalue weighted by Crippen LogP contribution is -2.43. The minimum atomic E-state index is 0.111. The molecule has 0 atom stereocenters. The number of furan rings is 1. The first kappa shape index (κ1) is 10.8. The molecule has 0 unspecified atom stereocenters. The zero-order chi connectivity index (χ0) is 11.7. The van der Waals surface area contributed by atoms with E-state index in [0.29, 0.717) is 11.0 Å². The van der Waals surface area contributed by atoms with Crippen LogP contribution in [-0.4, -0.2) is 37.0 Å². The van der Waals surface area contributed by atoms with Gasteiger partial charge in [-0.3, -0.25) is 4.79 Å². The molecule has 0 aliphatic carbocycles. The van der Waals surface area contributed by atoms with E-state index in [1.807, 2.05) is 4.90 Å². The van der Waals surface area contributed by atoms with E-state index < -0.39 is 0 Å². The van der Waals surface area contributed by atoms with Crippen LogP contribution in [0.25, 0.3) is 0 Å². The van der Waals surface area contributed by atoms with Gasteiger partial charge in [-0.25, -0.2) is 0 Å². The average Bonchev–Trinajstić information content (AvgIpc) is 3.01. The predicted molar refractivity (Wildman–Crippen MR) is 63.8 cm³/mol. The van der Waals surface area contributed by atoms with Gasteiger partial charge in [0, 0.05) is 19.6 Å². The summed E-state index contributed by atoms with van der Waals surface area (Å²) >= 11 is 0. The Hall–Kier alpha value is -1.29. The molecule has 2 fully saturated rings. The molecule has 2 aliphatic heterocycles. The molecule has 4 heteroatoms. The third-order valence-electron chi connectivity index (χ3n) is 4.21. The topological polar surface area (TPSA) is 45.5 Å². The highest BCUT2D eigenvalue weighted by molar-refractivity contribution is 5.93. The number of amides is 1. The van der Waals surface area contributed by atoms with Crippen LogP contribution in [0.2, 0.25) is 0 Å². The molecule has 0 saturated carbocycles. The fourth-order valence-electron chi connectivity index (χ4n) is 2.98. The van der Waals surface area contributed by atoms with Gasteiger partial charge < -0.3 is 14.6 Å². The van der Waals surface area contributed by atoms with Crippen molar-refractivity contribution < 1.29 is 9.21 Å². The fraction of sp³-hybridized carbons (Fsp3) is 0.615. The van der Waals surface area contributed by atoms with Crippen molar-refractivity contribution in [3.8, 4) is 0 Å². The Morgan fingerprint density at radius 2 is 2.18 bits per heavy atom. The number of carbonyl (C=O) groups is 1. The first-order valence-electron chi connectivity index (χ1n) is 6.31. The number of carbonyl (C=O) groups excluding carboxylic acids is 1. The lowest BCUT2D eigenvalue weighted by Gasteiger charge is -2.38. The van der Waals surface area contributed by atoms with Crippen molar-refractivity contribution in [1.29, 1.82) is 0 Å². The molecule has 92 valence electrons. The summed E-state index contributed by atoms with van der Waals surface area (Å²) in [5, 5.41) is 3.44. The third kappa shape index (κ3) is 1.97. The fourth-order valence-corrected chi connectivity index (χ4v) is 2.98. The quantitative estimate of drug-likeness (QED) is 0.801. The second kappa shape index (κ2) is 4.18. The molecule has 0 aromatic carbocycles. The summed E-state index contributed by atoms with van der Waals surface area (Å²) in [5.41, 5.74) is 1.14. The van der Waals surface area contributed by atoms with Crippen LogP contribution >= 0.6 is 0 Å². The summed E-state index contributed by atoms with van der Waals surface area (Å²) in [5.74, 6) is 0.111. The van der Waals surface area contributed by atoms with E-state index in [1.165, 1.54) is 12.7 Å². The van der Waals surface area contributed by atoms with Crippen LogP contribution in [0.4, 0.5) is 0 Å². The Bertz CT molecular complexity index is 384. The number of rotatable bonds is 1. The van der Waals surface area contributed by atoms with Gasteiger partial charge in [-0.15, -0.1) is 0 Å². The van der Waals surface area contributed by atoms with E-state index >= 15 is 0 Å². The predicted octanol–water partition coefficient (Wildman–Crippen LogP) is 1.50. The number of hydrogen-bond acceptors (Lipinski definition) is 3. The molecule has 0 radical (unpaired) electrons. The summed E-state index contributed by atoms with van der Waals surface area (Å²) in [6, 6.07) is 1.74. The molecule has 3 rings (SSSR count). The summed E-state index contributed by atoms with van der Waals surface area (Å²) < 4.78 is 4.96. The maximum atomic E-state index is 12.1. The molecule has 2 aliphatic rings. The molecule has 1 aromatic heterocycles. The molecular weight excluding hydrogens is 216 g/mol. The standard InChI is InChI=1S/C13H18N2O2/c16-12(11-1-8-17-9-11)15-6-3-13(4-7-15)2-5-14-10-13/h1,8-9,14H,2-7,10H2. The van der Waals surface area contributed by atoms with Crippen LogP contribution in [0.1, 0.15) is 29.6 Å². The lowest BCUT2D eigenvalue weighted by molar-refractivity contribution is 0.0607. The van der Waals surface area contributed by atoms with E-state index in [9.17, 15) is 4.79 Å². The summed E-state index contributed by atoms with van der Waals surface area (Å²) in [6.45, 7) is 4.02. The Morgan fingerprint density at radius 1 is 1.35 bits per heavy atom. The first-order valence-corrected chi connectivity index (χ1v) is 6.31. The van der Waals surface area contributed by atoms with Gasteiger partial charge in [0.15, 0.2) is 0 Å². The maximum Gasteiger partial charge on any atom is 0.257 e. The van der Waals surface area contributed by atoms with Gasteiger partial charge in [-0.05, 0) is 37.3 Å². The van der Waals surface area contributed by atoms with Crippen LogP contribution < -0.4 is 5.32 Å². The molecule has 1 aromatic rings. The van der Waals surface area contributed by atoms with Crippen molar-refractivity contribution in [2.24, 2.45) is 5.41 Å². The number of nitrogens with zero attached hydrogens (tertiary/aromatic N) is 1. The molecule has 3 heterocycles. The van der Waals surface area contributed by atoms with Crippen LogP contribution in [-0.2, 0) is 0 Å². The highest BCUT2D eigenvalue weighted by atomic mass is 16.3. The minimum Gasteiger partial charge on any atom is -0.472 e. The van der Waals surface area contributed by atoms with E-state index in [2.05, 4.69) is 5.32 Å². The zero-order valence-electron chi connectivity index (χ0n) is 9.95. The Balaban J connectivity index is 1.63. The minimum absolute atomic E-state index is 0.111. The summed E-state index contributed by atoms with van der Waals surface area (Å²) in [4.78, 5) is 14.1. The maximum absolute atomic E-state index is 12.1. The van der Waals surface area contributed by atoms with E-state index in [-0.39, 0.29) is 5.91 Å². The molecular formula is C13H18N2O2. The SMILES string of the molecule is O=C(c1ccoc1)N1CCC2(CCNC2)CC1. The van der Waals surface area contributed by atoms with Gasteiger partial charge in [-0.1, -0.05) is 0 Å². The highest BCUT2D eigenvalue weighted by Crippen LogP contribution is 2.37. The molecule has 0 bridgehead atoms. The number of likely N-dealkylation sites (tertiary alicyclic amines) is 1. The first-order chi connectivity index (χ1) is 8.29. The van der Waals surface area contributed by atoms with Crippen LogP contribution in [0.15, 0.2) is 23.0 Å². The number of hydrogen-bond donors (Lipinski definition) is 1. The van der Waals surface area contributed by atoms with Crippen LogP contribution in [0.3, 0.4) is 0 Å². The van der Waals surface area contributed by atoms with Crippen molar-refractivity contribution in [3.63, 3.8) is 0 Å². The van der Waals surface area contributed by atoms with Gasteiger partial charge in [0.2, 0.25) is 0 Å². The Labute approximate surface area is 101 Å². The number of piperidine rings is 1. The highest BCUT2D eigenvalue weighted by Gasteiger charge is 2.38. The largest absolute Gasteiger partial charge is 0.472 e. The third-order valence-corrected chi connectivity index (χ3v) is 4.21. The Kier molecular flexibility index (Phi) is 2.67. The lowest BCUT2D eigenvalue weighted by atomic mass is 9.78. The molecule has 1 amide bonds. The summed E-state index contributed by atoms with van der Waals surface area (Å²) in [7, 11) is 0. The van der Waals surface area contributed by atoms with E-state index in [4.69, 9.17) is 4.42 Å². The van der Waals surface area contributed by atoms with E-state index in [1.54, 1.807) is 12.3 Å². The second-order valence-corrected chi connectivity index (χ2v) is 5.23. The van der Waals surface area contributed by atoms with E-state index in [0.717, 1.165) is 39.0 Å². The molecule has 1 spiro atoms. The summed E-state index contributed by atoms with van der Waals surface area (Å²) in [6.07, 6.45) is 6.61. The normalized spacial score (nSPS) is 23.2. The Morgan fingerprint density at radius 3 is 2.76 bits per heavy atom. The number of nitrogens with one attached hydrogen (secondary N) is 1. The van der Waals surface area contributed by atoms with Gasteiger partial charge in [0.1, 0.15) is 6.26 Å². The molecule has 17 heavy (non-hydrogen) atoms. The van der Waals surface area contributed by atoms with Crippen molar-refractivity contribution >= 4 is 5.91 Å². The van der Waals surface area contributed by atoms with Crippen molar-refractivity contribution in [1.82, 2.24) is 10.2 Å². The smallest absolute Gasteiger partial charge is 0.257 e. The van der Waals surface area contributed by atoms with Gasteiger partial charge >= 0.3 is 0 Å². The van der Waals surface area contributed by atoms with Crippen molar-refractivity contribution in [2.45, 2.75) is 19.3 Å². The van der Waals surface area contributed by atoms with Gasteiger partial charge in [0.05, 0.1) is 11.8 Å². The van der Waals surface area contributed by atoms with Crippen LogP contribution in [0, 0.1) is 5.41 Å². The molecule has 2 saturated heterocycles. The molecule has 1 N–H and O–H groups in total.